The monoisotopic (exact) mass is 450 g/mol. The summed E-state index contributed by atoms with van der Waals surface area (Å²) in [6.07, 6.45) is 2.24. The van der Waals surface area contributed by atoms with Crippen LogP contribution < -0.4 is 14.8 Å². The Kier molecular flexibility index (Phi) is 5.20. The number of alkyl halides is 1. The summed E-state index contributed by atoms with van der Waals surface area (Å²) in [5.74, 6) is 0.850. The number of rotatable bonds is 5. The highest BCUT2D eigenvalue weighted by atomic mass is 19.1. The molecule has 2 aromatic heterocycles. The normalized spacial score (nSPS) is 28.5. The maximum absolute atomic E-state index is 15.1. The van der Waals surface area contributed by atoms with Crippen LogP contribution in [0.2, 0.25) is 0 Å². The molecular weight excluding hydrogens is 423 g/mol. The third kappa shape index (κ3) is 3.99. The first-order valence-electron chi connectivity index (χ1n) is 11.1. The van der Waals surface area contributed by atoms with Crippen molar-refractivity contribution in [2.45, 2.75) is 56.5 Å². The Morgan fingerprint density at radius 2 is 1.85 bits per heavy atom. The maximum atomic E-state index is 15.1. The third-order valence-corrected chi connectivity index (χ3v) is 6.83. The minimum absolute atomic E-state index is 0.0749. The number of fused-ring (bicyclic) bond motifs is 2. The molecule has 2 N–H and O–H groups in total. The number of halogens is 1. The van der Waals surface area contributed by atoms with E-state index in [2.05, 4.69) is 27.4 Å². The van der Waals surface area contributed by atoms with Gasteiger partial charge in [0.2, 0.25) is 11.8 Å². The van der Waals surface area contributed by atoms with Gasteiger partial charge in [-0.3, -0.25) is 0 Å². The molecule has 3 aromatic rings. The van der Waals surface area contributed by atoms with Crippen LogP contribution in [0.15, 0.2) is 48.7 Å². The summed E-state index contributed by atoms with van der Waals surface area (Å²) in [6, 6.07) is 12.4. The summed E-state index contributed by atoms with van der Waals surface area (Å²) in [7, 11) is 1.56. The fraction of sp³-hybridized carbons (Fsp3) is 0.400. The number of nitrogens with one attached hydrogen (secondary N) is 1. The van der Waals surface area contributed by atoms with Gasteiger partial charge in [0.05, 0.1) is 18.3 Å². The fourth-order valence-corrected chi connectivity index (χ4v) is 5.08. The molecule has 7 nitrogen and oxygen atoms in total. The number of piperidine rings is 1. The number of nitrogens with zero attached hydrogens (tertiary/aromatic N) is 3. The van der Waals surface area contributed by atoms with Gasteiger partial charge in [-0.15, -0.1) is 10.2 Å². The molecule has 1 aromatic carbocycles. The molecule has 2 fully saturated rings. The lowest BCUT2D eigenvalue weighted by atomic mass is 9.85. The molecule has 2 aliphatic rings. The van der Waals surface area contributed by atoms with Crippen molar-refractivity contribution in [2.75, 3.05) is 7.11 Å². The van der Waals surface area contributed by atoms with Crippen molar-refractivity contribution in [3.8, 4) is 39.9 Å². The molecule has 0 spiro atoms. The second-order valence-electron chi connectivity index (χ2n) is 9.44. The predicted molar refractivity (Wildman–Crippen MR) is 122 cm³/mol. The number of phenols is 1. The van der Waals surface area contributed by atoms with Crippen LogP contribution in [0.5, 0.6) is 17.5 Å². The van der Waals surface area contributed by atoms with Crippen molar-refractivity contribution in [3.63, 3.8) is 0 Å². The van der Waals surface area contributed by atoms with Crippen molar-refractivity contribution in [1.29, 1.82) is 0 Å². The topological polar surface area (TPSA) is 89.4 Å². The predicted octanol–water partition coefficient (Wildman–Crippen LogP) is 4.31. The van der Waals surface area contributed by atoms with E-state index in [0.717, 1.165) is 24.0 Å². The highest BCUT2D eigenvalue weighted by Gasteiger charge is 2.56. The van der Waals surface area contributed by atoms with Crippen LogP contribution >= 0.6 is 0 Å². The van der Waals surface area contributed by atoms with Crippen LogP contribution in [-0.4, -0.2) is 50.8 Å². The molecule has 0 radical (unpaired) electrons. The second kappa shape index (κ2) is 7.95. The highest BCUT2D eigenvalue weighted by Crippen LogP contribution is 2.44. The van der Waals surface area contributed by atoms with E-state index in [9.17, 15) is 5.11 Å². The molecule has 8 heteroatoms. The lowest BCUT2D eigenvalue weighted by molar-refractivity contribution is -0.00951. The van der Waals surface area contributed by atoms with Gasteiger partial charge in [0.1, 0.15) is 11.9 Å². The minimum Gasteiger partial charge on any atom is -0.507 e. The van der Waals surface area contributed by atoms with E-state index in [1.165, 1.54) is 0 Å². The van der Waals surface area contributed by atoms with E-state index in [4.69, 9.17) is 9.47 Å². The van der Waals surface area contributed by atoms with Gasteiger partial charge >= 0.3 is 0 Å². The Bertz CT molecular complexity index is 1170. The SMILES string of the molecule is COc1cc(-c2ccc(-c3ccc(O[C@H]4C[C@]5(C)CC[C@@](C)(N5)[C@H]4F)nn3)c(O)c2)ccn1. The maximum Gasteiger partial charge on any atom is 0.233 e. The molecule has 0 unspecified atom stereocenters. The average molecular weight is 451 g/mol. The van der Waals surface area contributed by atoms with Crippen molar-refractivity contribution >= 4 is 0 Å². The first kappa shape index (κ1) is 21.6. The Morgan fingerprint density at radius 3 is 2.58 bits per heavy atom. The van der Waals surface area contributed by atoms with E-state index < -0.39 is 17.8 Å². The van der Waals surface area contributed by atoms with Gasteiger partial charge in [0.25, 0.3) is 0 Å². The first-order chi connectivity index (χ1) is 15.8. The summed E-state index contributed by atoms with van der Waals surface area (Å²) in [6.45, 7) is 4.03. The average Bonchev–Trinajstić information content (AvgIpc) is 3.09. The summed E-state index contributed by atoms with van der Waals surface area (Å²) in [5.41, 5.74) is 2.04. The van der Waals surface area contributed by atoms with Gasteiger partial charge in [-0.05, 0) is 62.1 Å². The number of benzene rings is 1. The second-order valence-corrected chi connectivity index (χ2v) is 9.44. The number of hydrogen-bond donors (Lipinski definition) is 2. The van der Waals surface area contributed by atoms with Crippen molar-refractivity contribution in [2.24, 2.45) is 0 Å². The molecule has 0 amide bonds. The van der Waals surface area contributed by atoms with Crippen LogP contribution in [0.25, 0.3) is 22.4 Å². The summed E-state index contributed by atoms with van der Waals surface area (Å²) >= 11 is 0. The number of hydrogen-bond acceptors (Lipinski definition) is 7. The lowest BCUT2D eigenvalue weighted by Gasteiger charge is -2.43. The molecule has 0 saturated carbocycles. The number of ether oxygens (including phenoxy) is 2. The number of aromatic nitrogens is 3. The summed E-state index contributed by atoms with van der Waals surface area (Å²) in [4.78, 5) is 4.10. The molecule has 33 heavy (non-hydrogen) atoms. The van der Waals surface area contributed by atoms with Crippen molar-refractivity contribution < 1.29 is 19.0 Å². The van der Waals surface area contributed by atoms with Crippen LogP contribution in [-0.2, 0) is 0 Å². The van der Waals surface area contributed by atoms with Crippen molar-refractivity contribution in [1.82, 2.24) is 20.5 Å². The Balaban J connectivity index is 1.33. The molecular formula is C25H27FN4O3. The number of aromatic hydroxyl groups is 1. The van der Waals surface area contributed by atoms with E-state index in [0.29, 0.717) is 23.6 Å². The Labute approximate surface area is 192 Å². The molecule has 5 rings (SSSR count). The molecule has 4 atom stereocenters. The van der Waals surface area contributed by atoms with Crippen LogP contribution in [0.4, 0.5) is 4.39 Å². The summed E-state index contributed by atoms with van der Waals surface area (Å²) in [5, 5.41) is 22.4. The van der Waals surface area contributed by atoms with Gasteiger partial charge in [-0.1, -0.05) is 6.07 Å². The lowest BCUT2D eigenvalue weighted by Crippen LogP contribution is -2.63. The molecule has 2 bridgehead atoms. The summed E-state index contributed by atoms with van der Waals surface area (Å²) < 4.78 is 26.2. The number of methoxy groups -OCH3 is 1. The van der Waals surface area contributed by atoms with Crippen LogP contribution in [0.1, 0.15) is 33.1 Å². The zero-order chi connectivity index (χ0) is 23.2. The molecule has 2 aliphatic heterocycles. The molecule has 0 aliphatic carbocycles. The van der Waals surface area contributed by atoms with Crippen molar-refractivity contribution in [3.05, 3.63) is 48.7 Å². The number of phenolic OH excluding ortho intramolecular Hbond substituents is 1. The molecule has 172 valence electrons. The Morgan fingerprint density at radius 1 is 1.03 bits per heavy atom. The highest BCUT2D eigenvalue weighted by molar-refractivity contribution is 5.74. The fourth-order valence-electron chi connectivity index (χ4n) is 5.08. The quantitative estimate of drug-likeness (QED) is 0.599. The zero-order valence-corrected chi connectivity index (χ0v) is 18.9. The smallest absolute Gasteiger partial charge is 0.233 e. The third-order valence-electron chi connectivity index (χ3n) is 6.83. The van der Waals surface area contributed by atoms with Crippen LogP contribution in [0.3, 0.4) is 0 Å². The standard InChI is InChI=1S/C25H27FN4O3/c1-24-9-10-25(2,30-24)23(26)20(14-24)33-21-7-6-18(28-29-21)17-5-4-15(12-19(17)31)16-8-11-27-22(13-16)32-3/h4-8,11-13,20,23,30-31H,9-10,14H2,1-3H3/t20-,23-,24-,25+/m0/s1. The first-order valence-corrected chi connectivity index (χ1v) is 11.1. The van der Waals surface area contributed by atoms with Gasteiger partial charge in [-0.2, -0.15) is 0 Å². The van der Waals surface area contributed by atoms with E-state index in [1.807, 2.05) is 19.1 Å². The van der Waals surface area contributed by atoms with E-state index in [-0.39, 0.29) is 17.2 Å². The molecule has 2 saturated heterocycles. The van der Waals surface area contributed by atoms with Gasteiger partial charge < -0.3 is 19.9 Å². The van der Waals surface area contributed by atoms with E-state index in [1.54, 1.807) is 43.6 Å². The van der Waals surface area contributed by atoms with Gasteiger partial charge in [0, 0.05) is 35.9 Å². The largest absolute Gasteiger partial charge is 0.507 e. The molecule has 4 heterocycles. The van der Waals surface area contributed by atoms with Gasteiger partial charge in [0.15, 0.2) is 6.17 Å². The zero-order valence-electron chi connectivity index (χ0n) is 18.9. The van der Waals surface area contributed by atoms with Gasteiger partial charge in [-0.25, -0.2) is 9.37 Å². The minimum atomic E-state index is -1.13. The Hall–Kier alpha value is -3.26. The van der Waals surface area contributed by atoms with E-state index >= 15 is 4.39 Å². The van der Waals surface area contributed by atoms with Crippen LogP contribution in [0, 0.1) is 0 Å². The number of pyridine rings is 1.